The van der Waals surface area contributed by atoms with Gasteiger partial charge in [0, 0.05) is 26.8 Å². The van der Waals surface area contributed by atoms with Crippen LogP contribution >= 0.6 is 0 Å². The fraction of sp³-hybridized carbons (Fsp3) is 0.500. The van der Waals surface area contributed by atoms with Crippen LogP contribution in [0.1, 0.15) is 42.9 Å². The smallest absolute Gasteiger partial charge is 0.244 e. The average molecular weight is 340 g/mol. The molecule has 1 saturated heterocycles. The molecule has 0 aliphatic carbocycles. The Kier molecular flexibility index (Phi) is 5.53. The number of rotatable bonds is 5. The van der Waals surface area contributed by atoms with E-state index in [2.05, 4.69) is 35.3 Å². The molecule has 1 amide bonds. The van der Waals surface area contributed by atoms with Gasteiger partial charge in [-0.2, -0.15) is 5.10 Å². The van der Waals surface area contributed by atoms with Crippen molar-refractivity contribution in [1.82, 2.24) is 19.6 Å². The summed E-state index contributed by atoms with van der Waals surface area (Å²) in [6.07, 6.45) is 6.31. The number of hydrogen-bond donors (Lipinski definition) is 0. The van der Waals surface area contributed by atoms with Crippen LogP contribution in [0.5, 0.6) is 0 Å². The second-order valence-corrected chi connectivity index (χ2v) is 6.99. The Balaban J connectivity index is 1.72. The van der Waals surface area contributed by atoms with Gasteiger partial charge in [-0.3, -0.25) is 14.4 Å². The Morgan fingerprint density at radius 1 is 1.24 bits per heavy atom. The Labute approximate surface area is 150 Å². The third kappa shape index (κ3) is 3.93. The highest BCUT2D eigenvalue weighted by Gasteiger charge is 2.32. The van der Waals surface area contributed by atoms with E-state index in [1.165, 1.54) is 5.56 Å². The van der Waals surface area contributed by atoms with Crippen molar-refractivity contribution in [3.8, 4) is 0 Å². The van der Waals surface area contributed by atoms with Gasteiger partial charge in [0.1, 0.15) is 6.04 Å². The third-order valence-corrected chi connectivity index (χ3v) is 5.13. The second-order valence-electron chi connectivity index (χ2n) is 6.99. The SMILES string of the molecule is CCn1cc(C2CCN(C(C(=O)N(C)C)c3ccccc3)CC2)cn1. The molecule has 0 bridgehead atoms. The largest absolute Gasteiger partial charge is 0.347 e. The van der Waals surface area contributed by atoms with E-state index < -0.39 is 0 Å². The predicted molar refractivity (Wildman–Crippen MR) is 99.3 cm³/mol. The topological polar surface area (TPSA) is 41.4 Å². The number of carbonyl (C=O) groups is 1. The lowest BCUT2D eigenvalue weighted by atomic mass is 9.90. The fourth-order valence-electron chi connectivity index (χ4n) is 3.64. The molecule has 1 aliphatic heterocycles. The maximum atomic E-state index is 12.8. The van der Waals surface area contributed by atoms with E-state index >= 15 is 0 Å². The number of piperidine rings is 1. The van der Waals surface area contributed by atoms with Gasteiger partial charge in [-0.15, -0.1) is 0 Å². The molecule has 3 rings (SSSR count). The first-order valence-corrected chi connectivity index (χ1v) is 9.12. The van der Waals surface area contributed by atoms with Gasteiger partial charge < -0.3 is 4.90 Å². The van der Waals surface area contributed by atoms with Crippen molar-refractivity contribution in [2.75, 3.05) is 27.2 Å². The molecular formula is C20H28N4O. The summed E-state index contributed by atoms with van der Waals surface area (Å²) in [6.45, 7) is 4.88. The first-order chi connectivity index (χ1) is 12.1. The van der Waals surface area contributed by atoms with Gasteiger partial charge in [-0.1, -0.05) is 30.3 Å². The fourth-order valence-corrected chi connectivity index (χ4v) is 3.64. The van der Waals surface area contributed by atoms with Crippen LogP contribution in [0.25, 0.3) is 0 Å². The summed E-state index contributed by atoms with van der Waals surface area (Å²) < 4.78 is 1.99. The van der Waals surface area contributed by atoms with E-state index in [9.17, 15) is 4.79 Å². The third-order valence-electron chi connectivity index (χ3n) is 5.13. The van der Waals surface area contributed by atoms with Gasteiger partial charge in [0.05, 0.1) is 6.20 Å². The highest BCUT2D eigenvalue weighted by Crippen LogP contribution is 2.32. The molecule has 0 N–H and O–H groups in total. The molecule has 1 aliphatic rings. The number of benzene rings is 1. The minimum absolute atomic E-state index is 0.156. The summed E-state index contributed by atoms with van der Waals surface area (Å²) in [6, 6.07) is 9.95. The van der Waals surface area contributed by atoms with Crippen LogP contribution in [-0.2, 0) is 11.3 Å². The quantitative estimate of drug-likeness (QED) is 0.840. The Hall–Kier alpha value is -2.14. The Morgan fingerprint density at radius 3 is 2.48 bits per heavy atom. The van der Waals surface area contributed by atoms with E-state index in [1.807, 2.05) is 43.2 Å². The lowest BCUT2D eigenvalue weighted by molar-refractivity contribution is -0.135. The molecule has 0 saturated carbocycles. The van der Waals surface area contributed by atoms with Crippen molar-refractivity contribution < 1.29 is 4.79 Å². The molecule has 0 radical (unpaired) electrons. The zero-order chi connectivity index (χ0) is 17.8. The average Bonchev–Trinajstić information content (AvgIpc) is 3.12. The molecule has 134 valence electrons. The zero-order valence-electron chi connectivity index (χ0n) is 15.4. The standard InChI is InChI=1S/C20H28N4O/c1-4-24-15-18(14-21-24)16-10-12-23(13-11-16)19(20(25)22(2)3)17-8-6-5-7-9-17/h5-9,14-16,19H,4,10-13H2,1-3H3. The van der Waals surface area contributed by atoms with Gasteiger partial charge in [-0.05, 0) is 49.9 Å². The van der Waals surface area contributed by atoms with Crippen LogP contribution in [-0.4, -0.2) is 52.7 Å². The van der Waals surface area contributed by atoms with Gasteiger partial charge in [-0.25, -0.2) is 0 Å². The molecular weight excluding hydrogens is 312 g/mol. The van der Waals surface area contributed by atoms with Crippen LogP contribution < -0.4 is 0 Å². The number of carbonyl (C=O) groups excluding carboxylic acids is 1. The van der Waals surface area contributed by atoms with Crippen LogP contribution in [0.2, 0.25) is 0 Å². The van der Waals surface area contributed by atoms with Crippen LogP contribution in [0.15, 0.2) is 42.7 Å². The summed E-state index contributed by atoms with van der Waals surface area (Å²) in [5.74, 6) is 0.700. The van der Waals surface area contributed by atoms with Crippen LogP contribution in [0.3, 0.4) is 0 Å². The first kappa shape index (κ1) is 17.7. The van der Waals surface area contributed by atoms with Crippen LogP contribution in [0.4, 0.5) is 0 Å². The summed E-state index contributed by atoms with van der Waals surface area (Å²) in [7, 11) is 3.67. The lowest BCUT2D eigenvalue weighted by Gasteiger charge is -2.37. The molecule has 5 heteroatoms. The zero-order valence-corrected chi connectivity index (χ0v) is 15.4. The normalized spacial score (nSPS) is 17.4. The van der Waals surface area contributed by atoms with Crippen LogP contribution in [0, 0.1) is 0 Å². The molecule has 1 atom stereocenters. The van der Waals surface area contributed by atoms with E-state index in [0.717, 1.165) is 38.0 Å². The number of aromatic nitrogens is 2. The summed E-state index contributed by atoms with van der Waals surface area (Å²) in [5, 5.41) is 4.41. The Bertz CT molecular complexity index is 687. The molecule has 1 fully saturated rings. The van der Waals surface area contributed by atoms with Crippen molar-refractivity contribution in [3.63, 3.8) is 0 Å². The van der Waals surface area contributed by atoms with Gasteiger partial charge in [0.25, 0.3) is 0 Å². The molecule has 25 heavy (non-hydrogen) atoms. The maximum absolute atomic E-state index is 12.8. The van der Waals surface area contributed by atoms with Crippen molar-refractivity contribution in [3.05, 3.63) is 53.9 Å². The summed E-state index contributed by atoms with van der Waals surface area (Å²) >= 11 is 0. The molecule has 1 aromatic carbocycles. The predicted octanol–water partition coefficient (Wildman–Crippen LogP) is 2.91. The monoisotopic (exact) mass is 340 g/mol. The lowest BCUT2D eigenvalue weighted by Crippen LogP contribution is -2.43. The maximum Gasteiger partial charge on any atom is 0.244 e. The number of aryl methyl sites for hydroxylation is 1. The van der Waals surface area contributed by atoms with Crippen molar-refractivity contribution >= 4 is 5.91 Å². The van der Waals surface area contributed by atoms with Crippen molar-refractivity contribution in [2.24, 2.45) is 0 Å². The molecule has 0 spiro atoms. The van der Waals surface area contributed by atoms with Gasteiger partial charge in [0.15, 0.2) is 0 Å². The molecule has 2 aromatic rings. The Morgan fingerprint density at radius 2 is 1.92 bits per heavy atom. The van der Waals surface area contributed by atoms with E-state index in [1.54, 1.807) is 4.90 Å². The summed E-state index contributed by atoms with van der Waals surface area (Å²) in [4.78, 5) is 16.8. The van der Waals surface area contributed by atoms with Crippen molar-refractivity contribution in [1.29, 1.82) is 0 Å². The number of nitrogens with zero attached hydrogens (tertiary/aromatic N) is 4. The minimum Gasteiger partial charge on any atom is -0.347 e. The van der Waals surface area contributed by atoms with Gasteiger partial charge >= 0.3 is 0 Å². The highest BCUT2D eigenvalue weighted by atomic mass is 16.2. The minimum atomic E-state index is -0.185. The molecule has 5 nitrogen and oxygen atoms in total. The number of amides is 1. The number of likely N-dealkylation sites (tertiary alicyclic amines) is 1. The second kappa shape index (κ2) is 7.83. The number of likely N-dealkylation sites (N-methyl/N-ethyl adjacent to an activating group) is 1. The first-order valence-electron chi connectivity index (χ1n) is 9.12. The highest BCUT2D eigenvalue weighted by molar-refractivity contribution is 5.82. The van der Waals surface area contributed by atoms with Gasteiger partial charge in [0.2, 0.25) is 5.91 Å². The summed E-state index contributed by atoms with van der Waals surface area (Å²) in [5.41, 5.74) is 2.41. The van der Waals surface area contributed by atoms with E-state index in [4.69, 9.17) is 0 Å². The molecule has 2 heterocycles. The molecule has 1 unspecified atom stereocenters. The van der Waals surface area contributed by atoms with Crippen molar-refractivity contribution in [2.45, 2.75) is 38.3 Å². The number of hydrogen-bond acceptors (Lipinski definition) is 3. The van der Waals surface area contributed by atoms with E-state index in [-0.39, 0.29) is 11.9 Å². The van der Waals surface area contributed by atoms with E-state index in [0.29, 0.717) is 5.92 Å². The molecule has 1 aromatic heterocycles.